The van der Waals surface area contributed by atoms with E-state index in [4.69, 9.17) is 9.69 Å². The Morgan fingerprint density at radius 3 is 2.10 bits per heavy atom. The Bertz CT molecular complexity index is 937. The maximum atomic E-state index is 15.8. The van der Waals surface area contributed by atoms with Gasteiger partial charge in [-0.3, -0.25) is 0 Å². The molecular formula is C21H21ClF5N2Rh-. The normalized spacial score (nSPS) is 27.3. The Morgan fingerprint density at radius 1 is 1.00 bits per heavy atom. The van der Waals surface area contributed by atoms with Gasteiger partial charge in [-0.15, -0.1) is 0 Å². The van der Waals surface area contributed by atoms with E-state index < -0.39 is 63.5 Å². The zero-order valence-corrected chi connectivity index (χ0v) is 19.5. The number of nitrogens with zero attached hydrogens (tertiary/aromatic N) is 2. The summed E-state index contributed by atoms with van der Waals surface area (Å²) in [6.07, 6.45) is 0.623. The van der Waals surface area contributed by atoms with Crippen molar-refractivity contribution in [1.82, 2.24) is 9.13 Å². The molecule has 1 heterocycles. The molecule has 1 atom stereocenters. The average molecular weight is 535 g/mol. The van der Waals surface area contributed by atoms with Gasteiger partial charge in [0.25, 0.3) is 0 Å². The molecule has 30 heavy (non-hydrogen) atoms. The van der Waals surface area contributed by atoms with Gasteiger partial charge in [-0.1, -0.05) is 0 Å². The predicted molar refractivity (Wildman–Crippen MR) is 102 cm³/mol. The van der Waals surface area contributed by atoms with Crippen molar-refractivity contribution in [3.8, 4) is 0 Å². The van der Waals surface area contributed by atoms with Crippen LogP contribution in [0.4, 0.5) is 22.0 Å². The third-order valence-electron chi connectivity index (χ3n) is 5.98. The van der Waals surface area contributed by atoms with Gasteiger partial charge in [0, 0.05) is 0 Å². The van der Waals surface area contributed by atoms with E-state index in [0.29, 0.717) is 21.8 Å². The molecule has 1 fully saturated rings. The second kappa shape index (κ2) is 8.57. The molecule has 0 saturated heterocycles. The maximum absolute atomic E-state index is 15.8. The first kappa shape index (κ1) is 23.8. The van der Waals surface area contributed by atoms with Crippen LogP contribution in [0.5, 0.6) is 0 Å². The molecule has 0 bridgehead atoms. The third-order valence-corrected chi connectivity index (χ3v) is 7.97. The van der Waals surface area contributed by atoms with E-state index in [1.165, 1.54) is 10.8 Å². The molecule has 2 aliphatic rings. The zero-order chi connectivity index (χ0) is 22.5. The molecule has 5 radical (unpaired) electrons. The van der Waals surface area contributed by atoms with E-state index in [-0.39, 0.29) is 0 Å². The molecule has 2 aliphatic carbocycles. The number of halogens is 6. The summed E-state index contributed by atoms with van der Waals surface area (Å²) in [4.78, 5) is 0. The minimum atomic E-state index is -3.42. The fourth-order valence-electron chi connectivity index (χ4n) is 3.80. The topological polar surface area (TPSA) is 9.86 Å². The summed E-state index contributed by atoms with van der Waals surface area (Å²) in [6, 6.07) is 0. The molecule has 0 amide bonds. The molecule has 1 aromatic rings. The van der Waals surface area contributed by atoms with Gasteiger partial charge < -0.3 is 0 Å². The molecule has 0 aromatic carbocycles. The molecule has 3 rings (SSSR count). The fraction of sp³-hybridized carbons (Fsp3) is 0.381. The van der Waals surface area contributed by atoms with Gasteiger partial charge >= 0.3 is 185 Å². The van der Waals surface area contributed by atoms with Gasteiger partial charge in [0.1, 0.15) is 0 Å². The van der Waals surface area contributed by atoms with Gasteiger partial charge in [-0.05, 0) is 0 Å². The SMILES string of the molecule is C[C]1[C](C)[C](C)[C](CC2(F)C(F)=C(F)[C-](F)C(Cn3ccn(C)[c]3=[Rh][Cl])=C2F)[C]1C. The summed E-state index contributed by atoms with van der Waals surface area (Å²) < 4.78 is 78.2. The summed E-state index contributed by atoms with van der Waals surface area (Å²) in [7, 11) is 7.63. The van der Waals surface area contributed by atoms with Crippen molar-refractivity contribution in [2.75, 3.05) is 0 Å². The Labute approximate surface area is 184 Å². The Morgan fingerprint density at radius 2 is 1.57 bits per heavy atom. The van der Waals surface area contributed by atoms with E-state index in [1.807, 2.05) is 13.8 Å². The molecule has 167 valence electrons. The number of aromatic nitrogens is 2. The monoisotopic (exact) mass is 534 g/mol. The van der Waals surface area contributed by atoms with Crippen LogP contribution >= 0.6 is 9.69 Å². The van der Waals surface area contributed by atoms with Crippen LogP contribution < -0.4 is 0 Å². The number of alkyl halides is 1. The number of hydrogen-bond donors (Lipinski definition) is 0. The van der Waals surface area contributed by atoms with Crippen molar-refractivity contribution in [2.24, 2.45) is 7.05 Å². The van der Waals surface area contributed by atoms with Crippen LogP contribution in [0.2, 0.25) is 0 Å². The van der Waals surface area contributed by atoms with Crippen LogP contribution in [-0.4, -0.2) is 14.8 Å². The molecule has 1 saturated carbocycles. The van der Waals surface area contributed by atoms with Crippen molar-refractivity contribution < 1.29 is 37.6 Å². The first-order valence-electron chi connectivity index (χ1n) is 9.11. The van der Waals surface area contributed by atoms with Crippen LogP contribution in [-0.2, 0) is 29.3 Å². The van der Waals surface area contributed by atoms with E-state index in [2.05, 4.69) is 0 Å². The number of allylic oxidation sites excluding steroid dienone is 4. The second-order valence-electron chi connectivity index (χ2n) is 7.54. The second-order valence-corrected chi connectivity index (χ2v) is 9.33. The van der Waals surface area contributed by atoms with Crippen molar-refractivity contribution in [3.63, 3.8) is 0 Å². The Hall–Kier alpha value is -0.877. The van der Waals surface area contributed by atoms with E-state index in [9.17, 15) is 13.2 Å². The molecule has 1 aromatic heterocycles. The molecule has 2 nitrogen and oxygen atoms in total. The number of imidazole rings is 1. The Balaban J connectivity index is 2.04. The number of aryl methyl sites for hydroxylation is 1. The van der Waals surface area contributed by atoms with Crippen LogP contribution in [0.15, 0.2) is 35.4 Å². The Kier molecular flexibility index (Phi) is 6.80. The summed E-state index contributed by atoms with van der Waals surface area (Å²) in [6.45, 7) is 6.59. The van der Waals surface area contributed by atoms with Crippen LogP contribution in [0.25, 0.3) is 0 Å². The minimum absolute atomic E-state index is 0.393. The first-order chi connectivity index (χ1) is 14.0. The van der Waals surface area contributed by atoms with Crippen LogP contribution in [0.3, 0.4) is 0 Å². The first-order valence-corrected chi connectivity index (χ1v) is 12.0. The van der Waals surface area contributed by atoms with E-state index >= 15 is 8.78 Å². The van der Waals surface area contributed by atoms with E-state index in [1.54, 1.807) is 31.7 Å². The van der Waals surface area contributed by atoms with Crippen LogP contribution in [0.1, 0.15) is 34.1 Å². The summed E-state index contributed by atoms with van der Waals surface area (Å²) in [5.41, 5.74) is -4.27. The summed E-state index contributed by atoms with van der Waals surface area (Å²) >= 11 is -0.633. The quantitative estimate of drug-likeness (QED) is 0.236. The molecular weight excluding hydrogens is 514 g/mol. The van der Waals surface area contributed by atoms with Gasteiger partial charge in [0.15, 0.2) is 0 Å². The van der Waals surface area contributed by atoms with Crippen molar-refractivity contribution >= 4 is 9.69 Å². The predicted octanol–water partition coefficient (Wildman–Crippen LogP) is 6.55. The number of hydrogen-bond acceptors (Lipinski definition) is 0. The zero-order valence-electron chi connectivity index (χ0n) is 17.1. The molecule has 9 heteroatoms. The third kappa shape index (κ3) is 3.66. The average Bonchev–Trinajstić information content (AvgIpc) is 3.16. The molecule has 1 unspecified atom stereocenters. The van der Waals surface area contributed by atoms with Crippen molar-refractivity contribution in [1.29, 1.82) is 0 Å². The van der Waals surface area contributed by atoms with Gasteiger partial charge in [0.05, 0.1) is 0 Å². The summed E-state index contributed by atoms with van der Waals surface area (Å²) in [5.74, 6) is -2.21. The van der Waals surface area contributed by atoms with Gasteiger partial charge in [-0.25, -0.2) is 0 Å². The molecule has 0 aliphatic heterocycles. The van der Waals surface area contributed by atoms with Crippen molar-refractivity contribution in [3.05, 3.63) is 75.2 Å². The standard InChI is InChI=1S/C21H21F5N2.ClH.Rh/c1-11-12(2)14(4)15(13(11)3)8-21(26)19(24)16(17(22)18(23)20(21)25)9-28-7-6-27(5)10-28;;/h6-7H,8-9H2,1-5H3;1H;/q-1;;+1/p-1. The summed E-state index contributed by atoms with van der Waals surface area (Å²) in [5, 5.41) is 0. The molecule has 0 N–H and O–H groups in total. The van der Waals surface area contributed by atoms with Gasteiger partial charge in [0.2, 0.25) is 0 Å². The van der Waals surface area contributed by atoms with Crippen LogP contribution in [0, 0.1) is 39.8 Å². The number of rotatable bonds is 4. The fourth-order valence-corrected chi connectivity index (χ4v) is 5.52. The van der Waals surface area contributed by atoms with Crippen molar-refractivity contribution in [2.45, 2.75) is 46.3 Å². The van der Waals surface area contributed by atoms with E-state index in [0.717, 1.165) is 11.8 Å². The molecule has 0 spiro atoms. The van der Waals surface area contributed by atoms with Gasteiger partial charge in [-0.2, -0.15) is 0 Å².